The van der Waals surface area contributed by atoms with E-state index >= 15 is 0 Å². The number of carbonyl (C=O) groups is 1. The number of thiophene rings is 1. The van der Waals surface area contributed by atoms with Gasteiger partial charge in [0.05, 0.1) is 18.3 Å². The second-order valence-corrected chi connectivity index (χ2v) is 8.11. The Labute approximate surface area is 182 Å². The number of rotatable bonds is 5. The summed E-state index contributed by atoms with van der Waals surface area (Å²) in [7, 11) is 1.57. The summed E-state index contributed by atoms with van der Waals surface area (Å²) in [6, 6.07) is 14.0. The van der Waals surface area contributed by atoms with E-state index in [9.17, 15) is 14.4 Å². The fourth-order valence-electron chi connectivity index (χ4n) is 3.35. The van der Waals surface area contributed by atoms with E-state index < -0.39 is 5.69 Å². The van der Waals surface area contributed by atoms with Crippen LogP contribution in [0, 0.1) is 13.8 Å². The first kappa shape index (κ1) is 20.6. The highest BCUT2D eigenvalue weighted by Gasteiger charge is 2.18. The van der Waals surface area contributed by atoms with E-state index in [1.807, 2.05) is 19.9 Å². The Hall–Kier alpha value is -3.65. The summed E-state index contributed by atoms with van der Waals surface area (Å²) in [6.07, 6.45) is 0. The quantitative estimate of drug-likeness (QED) is 0.520. The van der Waals surface area contributed by atoms with Crippen LogP contribution in [0.4, 0.5) is 5.69 Å². The Balaban J connectivity index is 1.76. The fraction of sp³-hybridized carbons (Fsp3) is 0.174. The van der Waals surface area contributed by atoms with E-state index in [0.717, 1.165) is 15.7 Å². The minimum Gasteiger partial charge on any atom is -0.497 e. The fourth-order valence-corrected chi connectivity index (χ4v) is 4.18. The van der Waals surface area contributed by atoms with Gasteiger partial charge in [-0.25, -0.2) is 9.36 Å². The van der Waals surface area contributed by atoms with E-state index in [1.54, 1.807) is 55.0 Å². The zero-order chi connectivity index (χ0) is 22.1. The lowest BCUT2D eigenvalue weighted by Crippen LogP contribution is -2.40. The zero-order valence-corrected chi connectivity index (χ0v) is 18.2. The number of aromatic nitrogens is 2. The molecule has 4 aromatic rings. The molecule has 0 aliphatic carbocycles. The van der Waals surface area contributed by atoms with Crippen molar-refractivity contribution >= 4 is 33.1 Å². The molecular formula is C23H21N3O4S. The maximum Gasteiger partial charge on any atom is 0.336 e. The summed E-state index contributed by atoms with van der Waals surface area (Å²) in [6.45, 7) is 3.67. The summed E-state index contributed by atoms with van der Waals surface area (Å²) in [5, 5.41) is 4.52. The lowest BCUT2D eigenvalue weighted by molar-refractivity contribution is -0.116. The van der Waals surface area contributed by atoms with Crippen LogP contribution in [0.3, 0.4) is 0 Å². The molecule has 0 bridgehead atoms. The molecule has 158 valence electrons. The second kappa shape index (κ2) is 8.23. The number of benzene rings is 2. The number of amides is 1. The highest BCUT2D eigenvalue weighted by atomic mass is 32.1. The smallest absolute Gasteiger partial charge is 0.336 e. The predicted octanol–water partition coefficient (Wildman–Crippen LogP) is 3.48. The molecule has 0 atom stereocenters. The second-order valence-electron chi connectivity index (χ2n) is 7.19. The van der Waals surface area contributed by atoms with Crippen molar-refractivity contribution in [2.45, 2.75) is 20.4 Å². The Kier molecular flexibility index (Phi) is 5.48. The minimum atomic E-state index is -0.552. The third-order valence-corrected chi connectivity index (χ3v) is 6.07. The highest BCUT2D eigenvalue weighted by Crippen LogP contribution is 2.18. The predicted molar refractivity (Wildman–Crippen MR) is 123 cm³/mol. The average Bonchev–Trinajstić information content (AvgIpc) is 3.24. The lowest BCUT2D eigenvalue weighted by atomic mass is 10.1. The molecule has 0 spiro atoms. The number of carbonyl (C=O) groups excluding carboxylic acids is 1. The normalized spacial score (nSPS) is 10.9. The van der Waals surface area contributed by atoms with E-state index in [-0.39, 0.29) is 18.0 Å². The maximum atomic E-state index is 13.3. The molecule has 2 aromatic carbocycles. The van der Waals surface area contributed by atoms with Gasteiger partial charge in [-0.2, -0.15) is 0 Å². The summed E-state index contributed by atoms with van der Waals surface area (Å²) < 4.78 is 8.01. The van der Waals surface area contributed by atoms with Gasteiger partial charge in [0.2, 0.25) is 5.91 Å². The van der Waals surface area contributed by atoms with Gasteiger partial charge in [-0.05, 0) is 72.8 Å². The SMILES string of the molecule is COc1ccc(NC(=O)Cn2c(=O)n(-c3ccc(C)c(C)c3)c(=O)c3sccc32)cc1. The molecule has 2 heterocycles. The summed E-state index contributed by atoms with van der Waals surface area (Å²) >= 11 is 1.25. The number of anilines is 1. The van der Waals surface area contributed by atoms with E-state index in [1.165, 1.54) is 15.9 Å². The van der Waals surface area contributed by atoms with Crippen LogP contribution in [0.1, 0.15) is 11.1 Å². The topological polar surface area (TPSA) is 82.3 Å². The van der Waals surface area contributed by atoms with Crippen LogP contribution < -0.4 is 21.3 Å². The Morgan fingerprint density at radius 3 is 2.45 bits per heavy atom. The maximum absolute atomic E-state index is 13.3. The molecule has 8 heteroatoms. The van der Waals surface area contributed by atoms with Crippen LogP contribution in [0.5, 0.6) is 5.75 Å². The zero-order valence-electron chi connectivity index (χ0n) is 17.3. The molecule has 0 fully saturated rings. The van der Waals surface area contributed by atoms with Crippen LogP contribution in [0.15, 0.2) is 63.5 Å². The van der Waals surface area contributed by atoms with Crippen molar-refractivity contribution in [1.29, 1.82) is 0 Å². The molecule has 1 amide bonds. The number of hydrogen-bond acceptors (Lipinski definition) is 5. The van der Waals surface area contributed by atoms with E-state index in [0.29, 0.717) is 27.3 Å². The number of ether oxygens (including phenoxy) is 1. The lowest BCUT2D eigenvalue weighted by Gasteiger charge is -2.13. The van der Waals surface area contributed by atoms with Gasteiger partial charge in [-0.1, -0.05) is 6.07 Å². The molecule has 0 saturated carbocycles. The van der Waals surface area contributed by atoms with Gasteiger partial charge in [-0.3, -0.25) is 14.2 Å². The number of hydrogen-bond donors (Lipinski definition) is 1. The Morgan fingerprint density at radius 1 is 1.03 bits per heavy atom. The summed E-state index contributed by atoms with van der Waals surface area (Å²) in [4.78, 5) is 39.0. The van der Waals surface area contributed by atoms with Crippen molar-refractivity contribution in [3.8, 4) is 11.4 Å². The molecular weight excluding hydrogens is 414 g/mol. The molecule has 2 aromatic heterocycles. The number of nitrogens with zero attached hydrogens (tertiary/aromatic N) is 2. The van der Waals surface area contributed by atoms with Crippen molar-refractivity contribution < 1.29 is 9.53 Å². The molecule has 0 aliphatic heterocycles. The molecule has 4 rings (SSSR count). The first-order valence-corrected chi connectivity index (χ1v) is 10.5. The molecule has 0 radical (unpaired) electrons. The van der Waals surface area contributed by atoms with Crippen molar-refractivity contribution in [3.05, 3.63) is 85.9 Å². The van der Waals surface area contributed by atoms with Gasteiger partial charge in [0.25, 0.3) is 5.56 Å². The largest absolute Gasteiger partial charge is 0.497 e. The summed E-state index contributed by atoms with van der Waals surface area (Å²) in [5.41, 5.74) is 2.62. The van der Waals surface area contributed by atoms with Gasteiger partial charge < -0.3 is 10.1 Å². The first-order valence-electron chi connectivity index (χ1n) is 9.63. The number of aryl methyl sites for hydroxylation is 2. The van der Waals surface area contributed by atoms with Gasteiger partial charge in [0, 0.05) is 5.69 Å². The van der Waals surface area contributed by atoms with Crippen molar-refractivity contribution in [2.75, 3.05) is 12.4 Å². The van der Waals surface area contributed by atoms with Crippen LogP contribution in [0.25, 0.3) is 15.9 Å². The third kappa shape index (κ3) is 3.89. The van der Waals surface area contributed by atoms with Crippen LogP contribution in [-0.2, 0) is 11.3 Å². The molecule has 31 heavy (non-hydrogen) atoms. The van der Waals surface area contributed by atoms with E-state index in [2.05, 4.69) is 5.32 Å². The van der Waals surface area contributed by atoms with Crippen LogP contribution in [0.2, 0.25) is 0 Å². The summed E-state index contributed by atoms with van der Waals surface area (Å²) in [5.74, 6) is 0.305. The minimum absolute atomic E-state index is 0.219. The number of fused-ring (bicyclic) bond motifs is 1. The van der Waals surface area contributed by atoms with Gasteiger partial charge in [0.15, 0.2) is 0 Å². The third-order valence-electron chi connectivity index (χ3n) is 5.18. The van der Waals surface area contributed by atoms with Crippen molar-refractivity contribution in [1.82, 2.24) is 9.13 Å². The standard InChI is InChI=1S/C23H21N3O4S/c1-14-4-7-17(12-15(14)2)26-22(28)21-19(10-11-31-21)25(23(26)29)13-20(27)24-16-5-8-18(30-3)9-6-16/h4-12H,13H2,1-3H3,(H,24,27). The number of nitrogens with one attached hydrogen (secondary N) is 1. The van der Waals surface area contributed by atoms with Gasteiger partial charge in [0.1, 0.15) is 17.0 Å². The molecule has 1 N–H and O–H groups in total. The number of methoxy groups -OCH3 is 1. The van der Waals surface area contributed by atoms with Crippen molar-refractivity contribution in [3.63, 3.8) is 0 Å². The Bertz CT molecular complexity index is 1400. The molecule has 7 nitrogen and oxygen atoms in total. The van der Waals surface area contributed by atoms with Crippen molar-refractivity contribution in [2.24, 2.45) is 0 Å². The Morgan fingerprint density at radius 2 is 1.77 bits per heavy atom. The molecule has 0 aliphatic rings. The van der Waals surface area contributed by atoms with Gasteiger partial charge in [-0.15, -0.1) is 11.3 Å². The first-order chi connectivity index (χ1) is 14.9. The molecule has 0 unspecified atom stereocenters. The highest BCUT2D eigenvalue weighted by molar-refractivity contribution is 7.17. The monoisotopic (exact) mass is 435 g/mol. The average molecular weight is 436 g/mol. The van der Waals surface area contributed by atoms with Crippen LogP contribution >= 0.6 is 11.3 Å². The van der Waals surface area contributed by atoms with Crippen LogP contribution in [-0.4, -0.2) is 22.2 Å². The molecule has 0 saturated heterocycles. The van der Waals surface area contributed by atoms with E-state index in [4.69, 9.17) is 4.74 Å². The van der Waals surface area contributed by atoms with Gasteiger partial charge >= 0.3 is 5.69 Å².